The molecule has 0 aromatic carbocycles. The van der Waals surface area contributed by atoms with Crippen LogP contribution in [0.2, 0.25) is 0 Å². The van der Waals surface area contributed by atoms with Crippen LogP contribution in [0.5, 0.6) is 0 Å². The van der Waals surface area contributed by atoms with Crippen molar-refractivity contribution in [3.63, 3.8) is 0 Å². The number of hydrogen-bond donors (Lipinski definition) is 2. The first-order valence-corrected chi connectivity index (χ1v) is 3.84. The van der Waals surface area contributed by atoms with E-state index in [0.717, 1.165) is 30.0 Å². The summed E-state index contributed by atoms with van der Waals surface area (Å²) in [4.78, 5) is 4.23. The lowest BCUT2D eigenvalue weighted by Crippen LogP contribution is -2.13. The third-order valence-corrected chi connectivity index (χ3v) is 1.90. The lowest BCUT2D eigenvalue weighted by molar-refractivity contribution is 0.802. The molecule has 1 aromatic rings. The third-order valence-electron chi connectivity index (χ3n) is 1.90. The quantitative estimate of drug-likeness (QED) is 0.579. The van der Waals surface area contributed by atoms with Crippen molar-refractivity contribution in [2.75, 3.05) is 17.6 Å². The number of fused-ring (bicyclic) bond motifs is 1. The molecule has 3 heteroatoms. The summed E-state index contributed by atoms with van der Waals surface area (Å²) in [6.45, 7) is 1.04. The molecule has 2 heterocycles. The van der Waals surface area contributed by atoms with Gasteiger partial charge in [-0.15, -0.1) is 0 Å². The van der Waals surface area contributed by atoms with Crippen LogP contribution in [-0.2, 0) is 6.42 Å². The van der Waals surface area contributed by atoms with Crippen LogP contribution in [0.25, 0.3) is 0 Å². The van der Waals surface area contributed by atoms with Gasteiger partial charge in [0.2, 0.25) is 0 Å². The number of rotatable bonds is 0. The van der Waals surface area contributed by atoms with Crippen LogP contribution in [-0.4, -0.2) is 11.5 Å². The van der Waals surface area contributed by atoms with E-state index in [0.29, 0.717) is 0 Å². The Balaban J connectivity index is 2.43. The average molecular weight is 149 g/mol. The summed E-state index contributed by atoms with van der Waals surface area (Å²) in [6.07, 6.45) is 3.96. The van der Waals surface area contributed by atoms with Gasteiger partial charge in [0.15, 0.2) is 0 Å². The second kappa shape index (κ2) is 2.42. The molecule has 0 amide bonds. The van der Waals surface area contributed by atoms with E-state index in [-0.39, 0.29) is 0 Å². The van der Waals surface area contributed by atoms with Gasteiger partial charge in [0.25, 0.3) is 0 Å². The summed E-state index contributed by atoms with van der Waals surface area (Å²) in [6, 6.07) is 1.95. The molecule has 1 aliphatic heterocycles. The molecule has 0 radical (unpaired) electrons. The van der Waals surface area contributed by atoms with Crippen LogP contribution in [0.3, 0.4) is 0 Å². The summed E-state index contributed by atoms with van der Waals surface area (Å²) in [7, 11) is 0. The maximum absolute atomic E-state index is 5.58. The van der Waals surface area contributed by atoms with E-state index >= 15 is 0 Å². The third kappa shape index (κ3) is 1.13. The maximum Gasteiger partial charge on any atom is 0.0636 e. The van der Waals surface area contributed by atoms with E-state index in [1.165, 1.54) is 6.42 Å². The van der Waals surface area contributed by atoms with Gasteiger partial charge in [-0.1, -0.05) is 0 Å². The van der Waals surface area contributed by atoms with Crippen LogP contribution in [0.1, 0.15) is 12.1 Å². The Morgan fingerprint density at radius 1 is 1.55 bits per heavy atom. The Hall–Kier alpha value is -1.25. The molecular weight excluding hydrogens is 138 g/mol. The maximum atomic E-state index is 5.58. The van der Waals surface area contributed by atoms with Crippen molar-refractivity contribution in [2.24, 2.45) is 0 Å². The fourth-order valence-electron chi connectivity index (χ4n) is 1.34. The standard InChI is InChI=1S/C8H11N3/c9-6-4-8-7(11-5-6)2-1-3-10-8/h4-5,10H,1-3,9H2. The van der Waals surface area contributed by atoms with Crippen LogP contribution in [0.4, 0.5) is 11.4 Å². The summed E-state index contributed by atoms with van der Waals surface area (Å²) >= 11 is 0. The number of nitrogens with one attached hydrogen (secondary N) is 1. The monoisotopic (exact) mass is 149 g/mol. The molecule has 0 saturated carbocycles. The van der Waals surface area contributed by atoms with Gasteiger partial charge in [0, 0.05) is 6.54 Å². The first-order chi connectivity index (χ1) is 5.36. The first kappa shape index (κ1) is 6.46. The van der Waals surface area contributed by atoms with Crippen molar-refractivity contribution < 1.29 is 0 Å². The molecular formula is C8H11N3. The molecule has 0 fully saturated rings. The minimum absolute atomic E-state index is 0.734. The highest BCUT2D eigenvalue weighted by Gasteiger charge is 2.08. The van der Waals surface area contributed by atoms with Crippen molar-refractivity contribution in [3.05, 3.63) is 18.0 Å². The molecule has 1 aromatic heterocycles. The van der Waals surface area contributed by atoms with E-state index in [1.807, 2.05) is 6.07 Å². The first-order valence-electron chi connectivity index (χ1n) is 3.84. The number of pyridine rings is 1. The van der Waals surface area contributed by atoms with Crippen LogP contribution in [0.15, 0.2) is 12.3 Å². The highest BCUT2D eigenvalue weighted by molar-refractivity contribution is 5.57. The highest BCUT2D eigenvalue weighted by atomic mass is 14.9. The molecule has 3 nitrogen and oxygen atoms in total. The molecule has 0 bridgehead atoms. The van der Waals surface area contributed by atoms with E-state index in [4.69, 9.17) is 5.73 Å². The van der Waals surface area contributed by atoms with Crippen LogP contribution in [0, 0.1) is 0 Å². The fourth-order valence-corrected chi connectivity index (χ4v) is 1.34. The Kier molecular flexibility index (Phi) is 1.42. The van der Waals surface area contributed by atoms with Gasteiger partial charge in [0.05, 0.1) is 23.3 Å². The molecule has 0 saturated heterocycles. The molecule has 0 unspecified atom stereocenters. The molecule has 1 aliphatic rings. The second-order valence-electron chi connectivity index (χ2n) is 2.79. The van der Waals surface area contributed by atoms with Gasteiger partial charge >= 0.3 is 0 Å². The minimum Gasteiger partial charge on any atom is -0.397 e. The fraction of sp³-hybridized carbons (Fsp3) is 0.375. The zero-order chi connectivity index (χ0) is 7.68. The number of nitrogens with two attached hydrogens (primary N) is 1. The van der Waals surface area contributed by atoms with E-state index in [2.05, 4.69) is 10.3 Å². The lowest BCUT2D eigenvalue weighted by Gasteiger charge is -2.16. The topological polar surface area (TPSA) is 50.9 Å². The molecule has 0 aliphatic carbocycles. The van der Waals surface area contributed by atoms with Crippen molar-refractivity contribution in [1.82, 2.24) is 4.98 Å². The summed E-state index contributed by atoms with van der Waals surface area (Å²) in [5.41, 5.74) is 8.57. The smallest absolute Gasteiger partial charge is 0.0636 e. The van der Waals surface area contributed by atoms with Crippen molar-refractivity contribution in [3.8, 4) is 0 Å². The van der Waals surface area contributed by atoms with E-state index < -0.39 is 0 Å². The predicted octanol–water partition coefficient (Wildman–Crippen LogP) is 1.02. The molecule has 0 atom stereocenters. The van der Waals surface area contributed by atoms with Crippen LogP contribution >= 0.6 is 0 Å². The highest BCUT2D eigenvalue weighted by Crippen LogP contribution is 2.20. The predicted molar refractivity (Wildman–Crippen MR) is 45.5 cm³/mol. The van der Waals surface area contributed by atoms with Gasteiger partial charge in [-0.2, -0.15) is 0 Å². The van der Waals surface area contributed by atoms with E-state index in [9.17, 15) is 0 Å². The largest absolute Gasteiger partial charge is 0.397 e. The summed E-state index contributed by atoms with van der Waals surface area (Å²) in [5, 5.41) is 3.26. The Morgan fingerprint density at radius 3 is 3.36 bits per heavy atom. The summed E-state index contributed by atoms with van der Waals surface area (Å²) < 4.78 is 0. The van der Waals surface area contributed by atoms with Crippen LogP contribution < -0.4 is 11.1 Å². The summed E-state index contributed by atoms with van der Waals surface area (Å²) in [5.74, 6) is 0. The van der Waals surface area contributed by atoms with Crippen molar-refractivity contribution >= 4 is 11.4 Å². The number of anilines is 2. The number of nitrogen functional groups attached to an aromatic ring is 1. The Bertz CT molecular complexity index is 270. The van der Waals surface area contributed by atoms with Crippen molar-refractivity contribution in [2.45, 2.75) is 12.8 Å². The van der Waals surface area contributed by atoms with Gasteiger partial charge in [-0.05, 0) is 18.9 Å². The van der Waals surface area contributed by atoms with Gasteiger partial charge in [-0.25, -0.2) is 0 Å². The SMILES string of the molecule is Nc1cnc2c(c1)NCCC2. The number of aromatic nitrogens is 1. The van der Waals surface area contributed by atoms with Crippen molar-refractivity contribution in [1.29, 1.82) is 0 Å². The number of hydrogen-bond acceptors (Lipinski definition) is 3. The average Bonchev–Trinajstić information content (AvgIpc) is 2.04. The Labute approximate surface area is 65.6 Å². The van der Waals surface area contributed by atoms with Gasteiger partial charge in [0.1, 0.15) is 0 Å². The van der Waals surface area contributed by atoms with E-state index in [1.54, 1.807) is 6.20 Å². The minimum atomic E-state index is 0.734. The Morgan fingerprint density at radius 2 is 2.45 bits per heavy atom. The van der Waals surface area contributed by atoms with Gasteiger partial charge in [-0.3, -0.25) is 4.98 Å². The lowest BCUT2D eigenvalue weighted by atomic mass is 10.1. The van der Waals surface area contributed by atoms with Gasteiger partial charge < -0.3 is 11.1 Å². The zero-order valence-corrected chi connectivity index (χ0v) is 6.30. The molecule has 3 N–H and O–H groups in total. The molecule has 11 heavy (non-hydrogen) atoms. The zero-order valence-electron chi connectivity index (χ0n) is 6.30. The molecule has 58 valence electrons. The second-order valence-corrected chi connectivity index (χ2v) is 2.79. The molecule has 0 spiro atoms. The molecule has 2 rings (SSSR count). The normalized spacial score (nSPS) is 15.3. The number of nitrogens with zero attached hydrogens (tertiary/aromatic N) is 1. The number of aryl methyl sites for hydroxylation is 1.